The van der Waals surface area contributed by atoms with Crippen LogP contribution in [0.3, 0.4) is 0 Å². The van der Waals surface area contributed by atoms with Crippen LogP contribution < -0.4 is 5.32 Å². The SMILES string of the molecule is CNCC1OCCN(C(C)C)C1c1ccc(C)cc1Br. The molecule has 1 aromatic rings. The highest BCUT2D eigenvalue weighted by molar-refractivity contribution is 9.10. The molecule has 0 aromatic heterocycles. The van der Waals surface area contributed by atoms with Gasteiger partial charge in [0.2, 0.25) is 0 Å². The first-order chi connectivity index (χ1) is 9.54. The number of benzene rings is 1. The van der Waals surface area contributed by atoms with Crippen molar-refractivity contribution < 1.29 is 4.74 Å². The van der Waals surface area contributed by atoms with E-state index in [1.165, 1.54) is 15.6 Å². The zero-order chi connectivity index (χ0) is 14.7. The van der Waals surface area contributed by atoms with Gasteiger partial charge in [0.25, 0.3) is 0 Å². The number of nitrogens with zero attached hydrogens (tertiary/aromatic N) is 1. The first-order valence-corrected chi connectivity index (χ1v) is 8.12. The van der Waals surface area contributed by atoms with Crippen molar-refractivity contribution in [2.75, 3.05) is 26.7 Å². The number of likely N-dealkylation sites (N-methyl/N-ethyl adjacent to an activating group) is 1. The van der Waals surface area contributed by atoms with Crippen LogP contribution in [-0.2, 0) is 4.74 Å². The molecule has 0 saturated carbocycles. The highest BCUT2D eigenvalue weighted by Gasteiger charge is 2.35. The van der Waals surface area contributed by atoms with E-state index < -0.39 is 0 Å². The van der Waals surface area contributed by atoms with Gasteiger partial charge in [0.15, 0.2) is 0 Å². The maximum Gasteiger partial charge on any atom is 0.0896 e. The Kier molecular flexibility index (Phi) is 5.61. The molecule has 20 heavy (non-hydrogen) atoms. The summed E-state index contributed by atoms with van der Waals surface area (Å²) in [6.07, 6.45) is 0.190. The molecular weight excluding hydrogens is 316 g/mol. The Bertz CT molecular complexity index is 448. The van der Waals surface area contributed by atoms with Gasteiger partial charge in [-0.1, -0.05) is 28.1 Å². The standard InChI is InChI=1S/C16H25BrN2O/c1-11(2)19-7-8-20-15(10-18-4)16(19)13-6-5-12(3)9-14(13)17/h5-6,9,11,15-16,18H,7-8,10H2,1-4H3. The lowest BCUT2D eigenvalue weighted by atomic mass is 9.95. The fourth-order valence-electron chi connectivity index (χ4n) is 2.96. The van der Waals surface area contributed by atoms with Gasteiger partial charge in [0.05, 0.1) is 18.8 Å². The van der Waals surface area contributed by atoms with Crippen LogP contribution in [0.5, 0.6) is 0 Å². The summed E-state index contributed by atoms with van der Waals surface area (Å²) >= 11 is 3.74. The monoisotopic (exact) mass is 340 g/mol. The third-order valence-electron chi connectivity index (χ3n) is 3.93. The van der Waals surface area contributed by atoms with Crippen LogP contribution in [0.25, 0.3) is 0 Å². The second-order valence-corrected chi connectivity index (χ2v) is 6.62. The normalized spacial score (nSPS) is 24.3. The minimum absolute atomic E-state index is 0.190. The summed E-state index contributed by atoms with van der Waals surface area (Å²) in [6.45, 7) is 9.31. The molecule has 1 fully saturated rings. The fraction of sp³-hybridized carbons (Fsp3) is 0.625. The number of morpholine rings is 1. The van der Waals surface area contributed by atoms with Crippen molar-refractivity contribution in [1.82, 2.24) is 10.2 Å². The van der Waals surface area contributed by atoms with Gasteiger partial charge < -0.3 is 10.1 Å². The van der Waals surface area contributed by atoms with Gasteiger partial charge in [-0.3, -0.25) is 4.90 Å². The topological polar surface area (TPSA) is 24.5 Å². The van der Waals surface area contributed by atoms with E-state index >= 15 is 0 Å². The van der Waals surface area contributed by atoms with Crippen LogP contribution >= 0.6 is 15.9 Å². The maximum atomic E-state index is 6.03. The van der Waals surface area contributed by atoms with Crippen LogP contribution in [0.1, 0.15) is 31.0 Å². The highest BCUT2D eigenvalue weighted by atomic mass is 79.9. The number of aryl methyl sites for hydroxylation is 1. The third-order valence-corrected chi connectivity index (χ3v) is 4.62. The molecule has 1 heterocycles. The van der Waals surface area contributed by atoms with Gasteiger partial charge in [0.1, 0.15) is 0 Å². The largest absolute Gasteiger partial charge is 0.374 e. The number of rotatable bonds is 4. The zero-order valence-electron chi connectivity index (χ0n) is 12.8. The van der Waals surface area contributed by atoms with E-state index in [1.807, 2.05) is 7.05 Å². The average Bonchev–Trinajstić information content (AvgIpc) is 2.39. The lowest BCUT2D eigenvalue weighted by molar-refractivity contribution is -0.0817. The van der Waals surface area contributed by atoms with Crippen LogP contribution in [0.15, 0.2) is 22.7 Å². The number of ether oxygens (including phenoxy) is 1. The van der Waals surface area contributed by atoms with Crippen molar-refractivity contribution in [1.29, 1.82) is 0 Å². The molecule has 1 saturated heterocycles. The molecule has 0 radical (unpaired) electrons. The molecule has 2 rings (SSSR count). The zero-order valence-corrected chi connectivity index (χ0v) is 14.4. The summed E-state index contributed by atoms with van der Waals surface area (Å²) in [4.78, 5) is 2.54. The van der Waals surface area contributed by atoms with Gasteiger partial charge in [-0.25, -0.2) is 0 Å². The number of hydrogen-bond donors (Lipinski definition) is 1. The van der Waals surface area contributed by atoms with Crippen molar-refractivity contribution in [3.63, 3.8) is 0 Å². The summed E-state index contributed by atoms with van der Waals surface area (Å²) in [5.41, 5.74) is 2.60. The Morgan fingerprint density at radius 3 is 2.80 bits per heavy atom. The van der Waals surface area contributed by atoms with Gasteiger partial charge in [0, 0.05) is 23.6 Å². The second-order valence-electron chi connectivity index (χ2n) is 5.77. The summed E-state index contributed by atoms with van der Waals surface area (Å²) in [7, 11) is 1.99. The molecule has 3 nitrogen and oxygen atoms in total. The van der Waals surface area contributed by atoms with Crippen molar-refractivity contribution in [3.8, 4) is 0 Å². The molecule has 0 aliphatic carbocycles. The van der Waals surface area contributed by atoms with E-state index in [0.29, 0.717) is 12.1 Å². The summed E-state index contributed by atoms with van der Waals surface area (Å²) in [5.74, 6) is 0. The first kappa shape index (κ1) is 16.0. The maximum absolute atomic E-state index is 6.03. The molecule has 2 atom stereocenters. The smallest absolute Gasteiger partial charge is 0.0896 e. The Morgan fingerprint density at radius 1 is 1.45 bits per heavy atom. The molecule has 1 aliphatic heterocycles. The van der Waals surface area contributed by atoms with E-state index in [9.17, 15) is 0 Å². The average molecular weight is 341 g/mol. The molecule has 2 unspecified atom stereocenters. The van der Waals surface area contributed by atoms with Gasteiger partial charge >= 0.3 is 0 Å². The molecule has 0 bridgehead atoms. The van der Waals surface area contributed by atoms with Crippen molar-refractivity contribution in [3.05, 3.63) is 33.8 Å². The van der Waals surface area contributed by atoms with Gasteiger partial charge in [-0.15, -0.1) is 0 Å². The predicted molar refractivity (Wildman–Crippen MR) is 87.1 cm³/mol. The van der Waals surface area contributed by atoms with Crippen LogP contribution in [0.4, 0.5) is 0 Å². The Hall–Kier alpha value is -0.420. The quantitative estimate of drug-likeness (QED) is 0.911. The van der Waals surface area contributed by atoms with E-state index in [2.05, 4.69) is 65.1 Å². The first-order valence-electron chi connectivity index (χ1n) is 7.32. The van der Waals surface area contributed by atoms with Crippen LogP contribution in [0, 0.1) is 6.92 Å². The Labute approximate surface area is 130 Å². The van der Waals surface area contributed by atoms with Crippen LogP contribution in [0.2, 0.25) is 0 Å². The molecule has 0 spiro atoms. The third kappa shape index (κ3) is 3.42. The van der Waals surface area contributed by atoms with Crippen molar-refractivity contribution >= 4 is 15.9 Å². The predicted octanol–water partition coefficient (Wildman–Crippen LogP) is 3.13. The van der Waals surface area contributed by atoms with Crippen molar-refractivity contribution in [2.24, 2.45) is 0 Å². The highest BCUT2D eigenvalue weighted by Crippen LogP contribution is 2.35. The van der Waals surface area contributed by atoms with Gasteiger partial charge in [-0.2, -0.15) is 0 Å². The summed E-state index contributed by atoms with van der Waals surface area (Å²) in [5, 5.41) is 3.26. The fourth-order valence-corrected chi connectivity index (χ4v) is 3.68. The number of halogens is 1. The molecule has 1 N–H and O–H groups in total. The lowest BCUT2D eigenvalue weighted by Crippen LogP contribution is -2.51. The molecule has 1 aliphatic rings. The van der Waals surface area contributed by atoms with E-state index in [0.717, 1.165) is 19.7 Å². The molecular formula is C16H25BrN2O. The van der Waals surface area contributed by atoms with E-state index in [4.69, 9.17) is 4.74 Å². The molecule has 112 valence electrons. The minimum Gasteiger partial charge on any atom is -0.374 e. The Balaban J connectivity index is 2.37. The molecule has 0 amide bonds. The minimum atomic E-state index is 0.190. The van der Waals surface area contributed by atoms with Crippen LogP contribution in [-0.4, -0.2) is 43.8 Å². The van der Waals surface area contributed by atoms with Crippen molar-refractivity contribution in [2.45, 2.75) is 39.0 Å². The van der Waals surface area contributed by atoms with Gasteiger partial charge in [-0.05, 0) is 45.0 Å². The lowest BCUT2D eigenvalue weighted by Gasteiger charge is -2.44. The Morgan fingerprint density at radius 2 is 2.20 bits per heavy atom. The molecule has 4 heteroatoms. The van der Waals surface area contributed by atoms with E-state index in [1.54, 1.807) is 0 Å². The summed E-state index contributed by atoms with van der Waals surface area (Å²) < 4.78 is 7.21. The van der Waals surface area contributed by atoms with E-state index in [-0.39, 0.29) is 6.10 Å². The number of nitrogens with one attached hydrogen (secondary N) is 1. The number of hydrogen-bond acceptors (Lipinski definition) is 3. The second kappa shape index (κ2) is 7.03. The summed E-state index contributed by atoms with van der Waals surface area (Å²) in [6, 6.07) is 7.42. The molecule has 1 aromatic carbocycles.